The number of amides is 2. The zero-order chi connectivity index (χ0) is 13.4. The molecule has 0 aromatic carbocycles. The fourth-order valence-electron chi connectivity index (χ4n) is 2.07. The molecule has 1 N–H and O–H groups in total. The lowest BCUT2D eigenvalue weighted by molar-refractivity contribution is -0.130. The van der Waals surface area contributed by atoms with Gasteiger partial charge >= 0.3 is 6.09 Å². The molecule has 0 saturated carbocycles. The van der Waals surface area contributed by atoms with Gasteiger partial charge in [0.25, 0.3) is 11.1 Å². The number of cyclic esters (lactones) is 1. The number of nitrogens with one attached hydrogen (secondary N) is 1. The first-order valence-electron chi connectivity index (χ1n) is 5.64. The van der Waals surface area contributed by atoms with E-state index in [0.29, 0.717) is 0 Å². The van der Waals surface area contributed by atoms with Gasteiger partial charge in [-0.2, -0.15) is 11.3 Å². The second kappa shape index (κ2) is 4.78. The van der Waals surface area contributed by atoms with Crippen molar-refractivity contribution in [2.45, 2.75) is 12.1 Å². The van der Waals surface area contributed by atoms with Crippen LogP contribution in [0.4, 0.5) is 4.79 Å². The Bertz CT molecular complexity index is 531. The van der Waals surface area contributed by atoms with Crippen molar-refractivity contribution >= 4 is 40.7 Å². The predicted molar refractivity (Wildman–Crippen MR) is 70.7 cm³/mol. The number of carbonyl (C=O) groups is 2. The molecule has 19 heavy (non-hydrogen) atoms. The van der Waals surface area contributed by atoms with Gasteiger partial charge < -0.3 is 14.8 Å². The highest BCUT2D eigenvalue weighted by Gasteiger charge is 2.43. The van der Waals surface area contributed by atoms with E-state index < -0.39 is 18.2 Å². The molecule has 0 radical (unpaired) electrons. The zero-order valence-corrected chi connectivity index (χ0v) is 11.3. The molecule has 2 aliphatic heterocycles. The quantitative estimate of drug-likeness (QED) is 0.823. The van der Waals surface area contributed by atoms with E-state index in [1.807, 2.05) is 16.8 Å². The minimum atomic E-state index is -0.687. The smallest absolute Gasteiger partial charge is 0.416 e. The molecule has 6 nitrogen and oxygen atoms in total. The summed E-state index contributed by atoms with van der Waals surface area (Å²) in [5.41, 5.74) is 0.864. The second-order valence-corrected chi connectivity index (χ2v) is 5.26. The minimum absolute atomic E-state index is 0.169. The number of hydrogen-bond donors (Lipinski definition) is 1. The fourth-order valence-corrected chi connectivity index (χ4v) is 2.98. The van der Waals surface area contributed by atoms with Gasteiger partial charge in [0.15, 0.2) is 12.1 Å². The molecule has 2 fully saturated rings. The lowest BCUT2D eigenvalue weighted by Crippen LogP contribution is -2.46. The average molecular weight is 298 g/mol. The summed E-state index contributed by atoms with van der Waals surface area (Å²) < 4.78 is 10.2. The van der Waals surface area contributed by atoms with E-state index in [9.17, 15) is 9.59 Å². The average Bonchev–Trinajstić information content (AvgIpc) is 3.07. The highest BCUT2D eigenvalue weighted by Crippen LogP contribution is 2.29. The van der Waals surface area contributed by atoms with E-state index in [4.69, 9.17) is 21.7 Å². The van der Waals surface area contributed by atoms with Crippen LogP contribution in [0.5, 0.6) is 0 Å². The summed E-state index contributed by atoms with van der Waals surface area (Å²) in [4.78, 5) is 24.8. The number of hydrogen-bond acceptors (Lipinski definition) is 6. The Morgan fingerprint density at radius 3 is 3.05 bits per heavy atom. The van der Waals surface area contributed by atoms with E-state index in [1.165, 1.54) is 11.3 Å². The Balaban J connectivity index is 1.83. The normalized spacial score (nSPS) is 26.0. The Morgan fingerprint density at radius 2 is 2.42 bits per heavy atom. The molecule has 0 spiro atoms. The van der Waals surface area contributed by atoms with Crippen LogP contribution < -0.4 is 5.32 Å². The molecule has 2 atom stereocenters. The Labute approximate surface area is 118 Å². The van der Waals surface area contributed by atoms with Gasteiger partial charge in [-0.15, -0.1) is 0 Å². The summed E-state index contributed by atoms with van der Waals surface area (Å²) in [6, 6.07) is 1.18. The molecule has 2 aliphatic rings. The SMILES string of the molecule is O=C1OCCN1C(=O)[C@H]1NC(=S)O[C@@H]1c1ccsc1. The van der Waals surface area contributed by atoms with Crippen LogP contribution in [-0.4, -0.2) is 41.3 Å². The Hall–Kier alpha value is -1.67. The lowest BCUT2D eigenvalue weighted by atomic mass is 10.1. The summed E-state index contributed by atoms with van der Waals surface area (Å²) in [6.45, 7) is 0.491. The van der Waals surface area contributed by atoms with Crippen LogP contribution in [0.2, 0.25) is 0 Å². The first-order chi connectivity index (χ1) is 9.16. The van der Waals surface area contributed by atoms with Crippen LogP contribution in [-0.2, 0) is 14.3 Å². The molecule has 0 unspecified atom stereocenters. The minimum Gasteiger partial charge on any atom is -0.460 e. The van der Waals surface area contributed by atoms with Crippen LogP contribution in [0.1, 0.15) is 11.7 Å². The first-order valence-corrected chi connectivity index (χ1v) is 6.99. The number of imide groups is 1. The van der Waals surface area contributed by atoms with Gasteiger partial charge in [-0.3, -0.25) is 4.79 Å². The van der Waals surface area contributed by atoms with Crippen molar-refractivity contribution in [3.05, 3.63) is 22.4 Å². The summed E-state index contributed by atoms with van der Waals surface area (Å²) in [6.07, 6.45) is -1.12. The summed E-state index contributed by atoms with van der Waals surface area (Å²) in [5, 5.41) is 6.76. The van der Waals surface area contributed by atoms with Gasteiger partial charge in [0, 0.05) is 5.56 Å². The molecule has 8 heteroatoms. The van der Waals surface area contributed by atoms with Crippen LogP contribution in [0, 0.1) is 0 Å². The number of carbonyl (C=O) groups excluding carboxylic acids is 2. The molecule has 3 heterocycles. The molecule has 100 valence electrons. The van der Waals surface area contributed by atoms with Crippen molar-refractivity contribution in [2.75, 3.05) is 13.2 Å². The number of thiophene rings is 1. The van der Waals surface area contributed by atoms with Gasteiger partial charge in [0.1, 0.15) is 6.61 Å². The molecular formula is C11H10N2O4S2. The Morgan fingerprint density at radius 1 is 1.58 bits per heavy atom. The summed E-state index contributed by atoms with van der Waals surface area (Å²) >= 11 is 6.46. The first kappa shape index (κ1) is 12.4. The second-order valence-electron chi connectivity index (χ2n) is 4.11. The standard InChI is InChI=1S/C11H10N2O4S2/c14-9(13-2-3-16-11(13)15)7-8(17-10(18)12-7)6-1-4-19-5-6/h1,4-5,7-8H,2-3H2,(H,12,18)/t7-,8+/m0/s1. The topological polar surface area (TPSA) is 67.9 Å². The fraction of sp³-hybridized carbons (Fsp3) is 0.364. The number of thiocarbonyl (C=S) groups is 1. The molecule has 2 saturated heterocycles. The van der Waals surface area contributed by atoms with E-state index >= 15 is 0 Å². The molecule has 0 aliphatic carbocycles. The van der Waals surface area contributed by atoms with Crippen LogP contribution in [0.15, 0.2) is 16.8 Å². The van der Waals surface area contributed by atoms with Crippen molar-refractivity contribution in [1.82, 2.24) is 10.2 Å². The Kier molecular flexibility index (Phi) is 3.11. The third kappa shape index (κ3) is 2.17. The van der Waals surface area contributed by atoms with Crippen molar-refractivity contribution in [3.8, 4) is 0 Å². The maximum Gasteiger partial charge on any atom is 0.416 e. The van der Waals surface area contributed by atoms with Crippen molar-refractivity contribution in [3.63, 3.8) is 0 Å². The van der Waals surface area contributed by atoms with Crippen molar-refractivity contribution < 1.29 is 19.1 Å². The molecular weight excluding hydrogens is 288 g/mol. The molecule has 2 amide bonds. The number of ether oxygens (including phenoxy) is 2. The third-order valence-corrected chi connectivity index (χ3v) is 3.89. The monoisotopic (exact) mass is 298 g/mol. The zero-order valence-electron chi connectivity index (χ0n) is 9.70. The van der Waals surface area contributed by atoms with Crippen molar-refractivity contribution in [1.29, 1.82) is 0 Å². The van der Waals surface area contributed by atoms with E-state index in [1.54, 1.807) is 0 Å². The van der Waals surface area contributed by atoms with Crippen LogP contribution in [0.25, 0.3) is 0 Å². The lowest BCUT2D eigenvalue weighted by Gasteiger charge is -2.19. The van der Waals surface area contributed by atoms with E-state index in [0.717, 1.165) is 10.5 Å². The largest absolute Gasteiger partial charge is 0.460 e. The maximum atomic E-state index is 12.3. The molecule has 1 aromatic rings. The van der Waals surface area contributed by atoms with E-state index in [2.05, 4.69) is 5.32 Å². The molecule has 0 bridgehead atoms. The van der Waals surface area contributed by atoms with Crippen LogP contribution in [0.3, 0.4) is 0 Å². The van der Waals surface area contributed by atoms with Gasteiger partial charge in [-0.25, -0.2) is 9.69 Å². The van der Waals surface area contributed by atoms with Gasteiger partial charge in [0.2, 0.25) is 0 Å². The van der Waals surface area contributed by atoms with Crippen LogP contribution >= 0.6 is 23.6 Å². The van der Waals surface area contributed by atoms with E-state index in [-0.39, 0.29) is 24.2 Å². The van der Waals surface area contributed by atoms with Crippen molar-refractivity contribution in [2.24, 2.45) is 0 Å². The summed E-state index contributed by atoms with van der Waals surface area (Å²) in [5.74, 6) is -0.376. The number of rotatable bonds is 2. The maximum absolute atomic E-state index is 12.3. The molecule has 3 rings (SSSR count). The highest BCUT2D eigenvalue weighted by molar-refractivity contribution is 7.80. The number of nitrogens with zero attached hydrogens (tertiary/aromatic N) is 1. The summed E-state index contributed by atoms with van der Waals surface area (Å²) in [7, 11) is 0. The van der Waals surface area contributed by atoms with Gasteiger partial charge in [-0.1, -0.05) is 0 Å². The molecule has 1 aromatic heterocycles. The van der Waals surface area contributed by atoms with Gasteiger partial charge in [-0.05, 0) is 29.0 Å². The predicted octanol–water partition coefficient (Wildman–Crippen LogP) is 1.04. The third-order valence-electron chi connectivity index (χ3n) is 2.97. The highest BCUT2D eigenvalue weighted by atomic mass is 32.1. The van der Waals surface area contributed by atoms with Gasteiger partial charge in [0.05, 0.1) is 6.54 Å².